The standard InChI is InChI=1S/C53H40N4O/c1-4-16-37(17-5-1)51-54-52(56-53(55-51)46-26-14-18-35-15-10-11-23-42(35)46)38-29-32-44-48-34-47(43-24-12-13-25-45(43)50(48)58-49(44)33-38)36-27-30-41(31-28-36)57(39-19-6-2-7-20-39)40-21-8-3-9-22-40/h1-34,51-56H. The lowest BCUT2D eigenvalue weighted by Crippen LogP contribution is -2.54. The van der Waals surface area contributed by atoms with Crippen molar-refractivity contribution in [3.05, 3.63) is 223 Å². The van der Waals surface area contributed by atoms with Crippen LogP contribution in [0.3, 0.4) is 0 Å². The van der Waals surface area contributed by atoms with E-state index in [1.54, 1.807) is 0 Å². The van der Waals surface area contributed by atoms with Crippen LogP contribution in [0.25, 0.3) is 54.6 Å². The molecule has 0 saturated carbocycles. The van der Waals surface area contributed by atoms with Crippen molar-refractivity contribution >= 4 is 60.5 Å². The fraction of sp³-hybridized carbons (Fsp3) is 0.0566. The second-order valence-electron chi connectivity index (χ2n) is 15.0. The normalized spacial score (nSPS) is 16.9. The minimum atomic E-state index is -0.148. The first-order valence-electron chi connectivity index (χ1n) is 19.9. The number of nitrogens with zero attached hydrogens (tertiary/aromatic N) is 1. The Hall–Kier alpha value is -7.02. The van der Waals surface area contributed by atoms with Crippen LogP contribution in [0.5, 0.6) is 0 Å². The summed E-state index contributed by atoms with van der Waals surface area (Å²) in [4.78, 5) is 2.30. The predicted molar refractivity (Wildman–Crippen MR) is 239 cm³/mol. The largest absolute Gasteiger partial charge is 0.455 e. The molecular weight excluding hydrogens is 709 g/mol. The summed E-state index contributed by atoms with van der Waals surface area (Å²) in [5, 5.41) is 18.5. The van der Waals surface area contributed by atoms with Crippen LogP contribution < -0.4 is 20.9 Å². The lowest BCUT2D eigenvalue weighted by molar-refractivity contribution is 0.204. The zero-order valence-corrected chi connectivity index (χ0v) is 31.7. The van der Waals surface area contributed by atoms with Crippen LogP contribution >= 0.6 is 0 Å². The molecule has 5 heteroatoms. The van der Waals surface area contributed by atoms with Gasteiger partial charge in [0.2, 0.25) is 0 Å². The summed E-state index contributed by atoms with van der Waals surface area (Å²) in [6, 6.07) is 73.3. The van der Waals surface area contributed by atoms with Crippen molar-refractivity contribution in [1.82, 2.24) is 16.0 Å². The SMILES string of the molecule is c1ccc(C2NC(c3ccc4c(c3)oc3c5ccccc5c(-c5ccc(N(c6ccccc6)c6ccccc6)cc5)cc43)NC(c3cccc4ccccc34)N2)cc1. The van der Waals surface area contributed by atoms with E-state index in [1.165, 1.54) is 27.5 Å². The summed E-state index contributed by atoms with van der Waals surface area (Å²) < 4.78 is 6.84. The molecule has 58 heavy (non-hydrogen) atoms. The zero-order valence-electron chi connectivity index (χ0n) is 31.7. The third-order valence-electron chi connectivity index (χ3n) is 11.6. The van der Waals surface area contributed by atoms with E-state index < -0.39 is 0 Å². The summed E-state index contributed by atoms with van der Waals surface area (Å²) in [5.74, 6) is 0. The quantitative estimate of drug-likeness (QED) is 0.152. The highest BCUT2D eigenvalue weighted by Crippen LogP contribution is 2.42. The van der Waals surface area contributed by atoms with Gasteiger partial charge in [-0.3, -0.25) is 16.0 Å². The van der Waals surface area contributed by atoms with Crippen molar-refractivity contribution in [3.8, 4) is 11.1 Å². The number of nitrogens with one attached hydrogen (secondary N) is 3. The van der Waals surface area contributed by atoms with Crippen LogP contribution in [0.4, 0.5) is 17.1 Å². The number of para-hydroxylation sites is 2. The molecular formula is C53H40N4O. The minimum absolute atomic E-state index is 0.0758. The lowest BCUT2D eigenvalue weighted by Gasteiger charge is -2.40. The second kappa shape index (κ2) is 14.5. The maximum Gasteiger partial charge on any atom is 0.143 e. The molecule has 1 aliphatic rings. The first kappa shape index (κ1) is 34.2. The molecule has 0 radical (unpaired) electrons. The number of furan rings is 1. The van der Waals surface area contributed by atoms with Gasteiger partial charge in [-0.05, 0) is 92.5 Å². The van der Waals surface area contributed by atoms with Gasteiger partial charge in [-0.15, -0.1) is 0 Å². The molecule has 1 aromatic heterocycles. The average Bonchev–Trinajstić information content (AvgIpc) is 3.68. The Morgan fingerprint density at radius 1 is 0.379 bits per heavy atom. The molecule has 11 rings (SSSR count). The molecule has 3 unspecified atom stereocenters. The Morgan fingerprint density at radius 3 is 1.67 bits per heavy atom. The first-order chi connectivity index (χ1) is 28.7. The van der Waals surface area contributed by atoms with Crippen LogP contribution in [0.15, 0.2) is 211 Å². The van der Waals surface area contributed by atoms with E-state index in [2.05, 4.69) is 227 Å². The molecule has 1 fully saturated rings. The van der Waals surface area contributed by atoms with Crippen LogP contribution in [-0.2, 0) is 0 Å². The number of anilines is 3. The van der Waals surface area contributed by atoms with Crippen LogP contribution in [0, 0.1) is 0 Å². The molecule has 3 N–H and O–H groups in total. The maximum absolute atomic E-state index is 6.84. The van der Waals surface area contributed by atoms with E-state index in [9.17, 15) is 0 Å². The Bertz CT molecular complexity index is 3010. The van der Waals surface area contributed by atoms with Crippen molar-refractivity contribution in [3.63, 3.8) is 0 Å². The maximum atomic E-state index is 6.84. The van der Waals surface area contributed by atoms with Gasteiger partial charge in [-0.1, -0.05) is 158 Å². The van der Waals surface area contributed by atoms with E-state index in [0.717, 1.165) is 60.9 Å². The Kier molecular flexibility index (Phi) is 8.55. The molecule has 0 bridgehead atoms. The number of hydrogen-bond donors (Lipinski definition) is 3. The predicted octanol–water partition coefficient (Wildman–Crippen LogP) is 13.2. The van der Waals surface area contributed by atoms with Gasteiger partial charge in [0.1, 0.15) is 11.2 Å². The molecule has 3 atom stereocenters. The molecule has 0 amide bonds. The minimum Gasteiger partial charge on any atom is -0.455 e. The van der Waals surface area contributed by atoms with E-state index >= 15 is 0 Å². The zero-order chi connectivity index (χ0) is 38.4. The van der Waals surface area contributed by atoms with Crippen molar-refractivity contribution in [2.24, 2.45) is 0 Å². The number of benzene rings is 9. The summed E-state index contributed by atoms with van der Waals surface area (Å²) in [6.07, 6.45) is -0.322. The summed E-state index contributed by atoms with van der Waals surface area (Å²) >= 11 is 0. The number of rotatable bonds is 7. The molecule has 1 saturated heterocycles. The van der Waals surface area contributed by atoms with Gasteiger partial charge in [0.15, 0.2) is 0 Å². The smallest absolute Gasteiger partial charge is 0.143 e. The fourth-order valence-electron chi connectivity index (χ4n) is 8.78. The highest BCUT2D eigenvalue weighted by atomic mass is 16.3. The van der Waals surface area contributed by atoms with Crippen molar-refractivity contribution in [2.75, 3.05) is 4.90 Å². The van der Waals surface area contributed by atoms with Gasteiger partial charge in [0, 0.05) is 33.2 Å². The van der Waals surface area contributed by atoms with Crippen molar-refractivity contribution < 1.29 is 4.42 Å². The third-order valence-corrected chi connectivity index (χ3v) is 11.6. The lowest BCUT2D eigenvalue weighted by atomic mass is 9.95. The molecule has 5 nitrogen and oxygen atoms in total. The fourth-order valence-corrected chi connectivity index (χ4v) is 8.78. The van der Waals surface area contributed by atoms with E-state index in [4.69, 9.17) is 4.42 Å². The van der Waals surface area contributed by atoms with Gasteiger partial charge in [-0.25, -0.2) is 0 Å². The highest BCUT2D eigenvalue weighted by Gasteiger charge is 2.31. The molecule has 0 aliphatic carbocycles. The van der Waals surface area contributed by atoms with E-state index in [0.29, 0.717) is 0 Å². The Labute approximate surface area is 337 Å². The van der Waals surface area contributed by atoms with Gasteiger partial charge in [0.25, 0.3) is 0 Å². The third kappa shape index (κ3) is 6.10. The van der Waals surface area contributed by atoms with Crippen molar-refractivity contribution in [1.29, 1.82) is 0 Å². The van der Waals surface area contributed by atoms with Crippen molar-refractivity contribution in [2.45, 2.75) is 18.5 Å². The van der Waals surface area contributed by atoms with Gasteiger partial charge in [0.05, 0.1) is 18.5 Å². The van der Waals surface area contributed by atoms with E-state index in [-0.39, 0.29) is 18.5 Å². The number of fused-ring (bicyclic) bond motifs is 6. The molecule has 2 heterocycles. The number of hydrogen-bond acceptors (Lipinski definition) is 5. The van der Waals surface area contributed by atoms with Gasteiger partial charge in [-0.2, -0.15) is 0 Å². The Balaban J connectivity index is 0.984. The molecule has 9 aromatic carbocycles. The van der Waals surface area contributed by atoms with Gasteiger partial charge < -0.3 is 9.32 Å². The monoisotopic (exact) mass is 748 g/mol. The van der Waals surface area contributed by atoms with Crippen LogP contribution in [-0.4, -0.2) is 0 Å². The topological polar surface area (TPSA) is 52.5 Å². The average molecular weight is 749 g/mol. The first-order valence-corrected chi connectivity index (χ1v) is 19.9. The molecule has 278 valence electrons. The van der Waals surface area contributed by atoms with Gasteiger partial charge >= 0.3 is 0 Å². The molecule has 1 aliphatic heterocycles. The summed E-state index contributed by atoms with van der Waals surface area (Å²) in [6.45, 7) is 0. The Morgan fingerprint density at radius 2 is 0.948 bits per heavy atom. The second-order valence-corrected chi connectivity index (χ2v) is 15.0. The molecule has 0 spiro atoms. The summed E-state index contributed by atoms with van der Waals surface area (Å²) in [7, 11) is 0. The van der Waals surface area contributed by atoms with Crippen LogP contribution in [0.2, 0.25) is 0 Å². The summed E-state index contributed by atoms with van der Waals surface area (Å²) in [5.41, 5.74) is 11.0. The molecule has 10 aromatic rings. The highest BCUT2D eigenvalue weighted by molar-refractivity contribution is 6.19. The van der Waals surface area contributed by atoms with E-state index in [1.807, 2.05) is 0 Å². The van der Waals surface area contributed by atoms with Crippen LogP contribution in [0.1, 0.15) is 35.2 Å².